The molecule has 0 aromatic heterocycles. The summed E-state index contributed by atoms with van der Waals surface area (Å²) in [6.07, 6.45) is 4.06. The molecule has 18 heavy (non-hydrogen) atoms. The van der Waals surface area contributed by atoms with Crippen LogP contribution in [-0.2, 0) is 0 Å². The topological polar surface area (TPSA) is 18.5 Å². The summed E-state index contributed by atoms with van der Waals surface area (Å²) in [6.45, 7) is 14.6. The molecule has 0 spiro atoms. The molecule has 0 amide bonds. The molecule has 0 bridgehead atoms. The van der Waals surface area contributed by atoms with Crippen molar-refractivity contribution >= 4 is 0 Å². The van der Waals surface area contributed by atoms with Crippen LogP contribution in [-0.4, -0.2) is 61.2 Å². The summed E-state index contributed by atoms with van der Waals surface area (Å²) in [7, 11) is 0. The van der Waals surface area contributed by atoms with Crippen molar-refractivity contribution in [2.75, 3.05) is 39.3 Å². The van der Waals surface area contributed by atoms with Crippen molar-refractivity contribution in [1.82, 2.24) is 15.1 Å². The minimum atomic E-state index is 0.701. The predicted octanol–water partition coefficient (Wildman–Crippen LogP) is 1.79. The van der Waals surface area contributed by atoms with Gasteiger partial charge in [-0.2, -0.15) is 0 Å². The van der Waals surface area contributed by atoms with Crippen molar-refractivity contribution < 1.29 is 0 Å². The highest BCUT2D eigenvalue weighted by Gasteiger charge is 2.29. The highest BCUT2D eigenvalue weighted by molar-refractivity contribution is 4.87. The van der Waals surface area contributed by atoms with Crippen molar-refractivity contribution in [2.45, 2.75) is 52.1 Å². The van der Waals surface area contributed by atoms with Gasteiger partial charge in [-0.15, -0.1) is 0 Å². The zero-order valence-corrected chi connectivity index (χ0v) is 12.5. The Bertz CT molecular complexity index is 234. The molecule has 1 unspecified atom stereocenters. The first-order valence-corrected chi connectivity index (χ1v) is 7.90. The lowest BCUT2D eigenvalue weighted by molar-refractivity contribution is 0.0753. The highest BCUT2D eigenvalue weighted by Crippen LogP contribution is 2.19. The van der Waals surface area contributed by atoms with E-state index < -0.39 is 0 Å². The molecule has 2 aliphatic heterocycles. The van der Waals surface area contributed by atoms with Crippen LogP contribution in [0.1, 0.15) is 40.0 Å². The maximum atomic E-state index is 3.66. The van der Waals surface area contributed by atoms with E-state index in [-0.39, 0.29) is 0 Å². The van der Waals surface area contributed by atoms with E-state index in [2.05, 4.69) is 35.9 Å². The van der Waals surface area contributed by atoms with Crippen LogP contribution < -0.4 is 5.32 Å². The second-order valence-corrected chi connectivity index (χ2v) is 6.37. The smallest absolute Gasteiger partial charge is 0.0218 e. The largest absolute Gasteiger partial charge is 0.311 e. The fourth-order valence-electron chi connectivity index (χ4n) is 3.40. The van der Waals surface area contributed by atoms with Crippen molar-refractivity contribution in [3.8, 4) is 0 Å². The Morgan fingerprint density at radius 1 is 1.17 bits per heavy atom. The molecule has 2 aliphatic rings. The van der Waals surface area contributed by atoms with Gasteiger partial charge in [0.15, 0.2) is 0 Å². The second-order valence-electron chi connectivity index (χ2n) is 6.37. The van der Waals surface area contributed by atoms with Crippen LogP contribution in [0.4, 0.5) is 0 Å². The van der Waals surface area contributed by atoms with E-state index in [1.54, 1.807) is 0 Å². The first kappa shape index (κ1) is 14.3. The fraction of sp³-hybridized carbons (Fsp3) is 1.00. The zero-order valence-electron chi connectivity index (χ0n) is 12.5. The van der Waals surface area contributed by atoms with Gasteiger partial charge in [0.1, 0.15) is 0 Å². The average Bonchev–Trinajstić information content (AvgIpc) is 2.40. The normalized spacial score (nSPS) is 29.0. The number of piperazine rings is 1. The molecule has 1 N–H and O–H groups in total. The minimum Gasteiger partial charge on any atom is -0.311 e. The van der Waals surface area contributed by atoms with Gasteiger partial charge in [0.05, 0.1) is 0 Å². The Hall–Kier alpha value is -0.120. The van der Waals surface area contributed by atoms with Crippen LogP contribution >= 0.6 is 0 Å². The molecule has 2 heterocycles. The molecule has 3 heteroatoms. The fourth-order valence-corrected chi connectivity index (χ4v) is 3.40. The number of nitrogens with one attached hydrogen (secondary N) is 1. The van der Waals surface area contributed by atoms with Gasteiger partial charge in [0.2, 0.25) is 0 Å². The van der Waals surface area contributed by atoms with Crippen LogP contribution in [0.25, 0.3) is 0 Å². The number of nitrogens with zero attached hydrogens (tertiary/aromatic N) is 2. The summed E-state index contributed by atoms with van der Waals surface area (Å²) in [4.78, 5) is 5.39. The van der Waals surface area contributed by atoms with Crippen LogP contribution in [0, 0.1) is 5.92 Å². The average molecular weight is 253 g/mol. The van der Waals surface area contributed by atoms with E-state index in [4.69, 9.17) is 0 Å². The van der Waals surface area contributed by atoms with Crippen molar-refractivity contribution in [2.24, 2.45) is 5.92 Å². The third kappa shape index (κ3) is 3.69. The molecular weight excluding hydrogens is 222 g/mol. The molecule has 0 aromatic rings. The molecule has 2 rings (SSSR count). The maximum absolute atomic E-state index is 3.66. The lowest BCUT2D eigenvalue weighted by atomic mass is 9.97. The standard InChI is InChI=1S/C15H31N3/c1-4-8-17-9-5-14(6-10-17)18-11-7-16-15(12-18)13(2)3/h13-16H,4-12H2,1-3H3. The van der Waals surface area contributed by atoms with E-state index in [1.165, 1.54) is 58.5 Å². The maximum Gasteiger partial charge on any atom is 0.0218 e. The third-order valence-electron chi connectivity index (χ3n) is 4.65. The molecule has 0 aromatic carbocycles. The quantitative estimate of drug-likeness (QED) is 0.824. The summed E-state index contributed by atoms with van der Waals surface area (Å²) < 4.78 is 0. The van der Waals surface area contributed by atoms with E-state index in [0.29, 0.717) is 6.04 Å². The number of hydrogen-bond donors (Lipinski definition) is 1. The first-order chi connectivity index (χ1) is 8.70. The third-order valence-corrected chi connectivity index (χ3v) is 4.65. The number of piperidine rings is 1. The lowest BCUT2D eigenvalue weighted by Gasteiger charge is -2.43. The van der Waals surface area contributed by atoms with Crippen LogP contribution in [0.3, 0.4) is 0 Å². The minimum absolute atomic E-state index is 0.701. The van der Waals surface area contributed by atoms with E-state index in [1.807, 2.05) is 0 Å². The Morgan fingerprint density at radius 2 is 1.89 bits per heavy atom. The first-order valence-electron chi connectivity index (χ1n) is 7.90. The lowest BCUT2D eigenvalue weighted by Crippen LogP contribution is -2.57. The molecule has 2 fully saturated rings. The molecule has 0 radical (unpaired) electrons. The van der Waals surface area contributed by atoms with Gasteiger partial charge < -0.3 is 10.2 Å². The summed E-state index contributed by atoms with van der Waals surface area (Å²) in [5.74, 6) is 0.757. The molecule has 0 aliphatic carbocycles. The Balaban J connectivity index is 1.78. The van der Waals surface area contributed by atoms with E-state index in [9.17, 15) is 0 Å². The van der Waals surface area contributed by atoms with E-state index >= 15 is 0 Å². The van der Waals surface area contributed by atoms with Gasteiger partial charge in [-0.3, -0.25) is 4.90 Å². The second kappa shape index (κ2) is 6.88. The Labute approximate surface area is 113 Å². The van der Waals surface area contributed by atoms with E-state index in [0.717, 1.165) is 12.0 Å². The molecule has 2 saturated heterocycles. The van der Waals surface area contributed by atoms with Gasteiger partial charge in [-0.05, 0) is 44.8 Å². The number of likely N-dealkylation sites (tertiary alicyclic amines) is 1. The molecule has 0 saturated carbocycles. The molecule has 1 atom stereocenters. The van der Waals surface area contributed by atoms with Gasteiger partial charge in [-0.25, -0.2) is 0 Å². The van der Waals surface area contributed by atoms with Gasteiger partial charge in [0.25, 0.3) is 0 Å². The Kier molecular flexibility index (Phi) is 5.46. The van der Waals surface area contributed by atoms with Crippen LogP contribution in [0.15, 0.2) is 0 Å². The molecule has 3 nitrogen and oxygen atoms in total. The summed E-state index contributed by atoms with van der Waals surface area (Å²) in [5, 5.41) is 3.66. The number of rotatable bonds is 4. The van der Waals surface area contributed by atoms with Crippen LogP contribution in [0.2, 0.25) is 0 Å². The Morgan fingerprint density at radius 3 is 2.50 bits per heavy atom. The van der Waals surface area contributed by atoms with Gasteiger partial charge in [-0.1, -0.05) is 20.8 Å². The highest BCUT2D eigenvalue weighted by atomic mass is 15.2. The number of hydrogen-bond acceptors (Lipinski definition) is 3. The zero-order chi connectivity index (χ0) is 13.0. The van der Waals surface area contributed by atoms with Crippen molar-refractivity contribution in [1.29, 1.82) is 0 Å². The van der Waals surface area contributed by atoms with Gasteiger partial charge >= 0.3 is 0 Å². The van der Waals surface area contributed by atoms with Crippen LogP contribution in [0.5, 0.6) is 0 Å². The summed E-state index contributed by atoms with van der Waals surface area (Å²) in [6, 6.07) is 1.55. The molecule has 106 valence electrons. The predicted molar refractivity (Wildman–Crippen MR) is 78.0 cm³/mol. The van der Waals surface area contributed by atoms with Gasteiger partial charge in [0, 0.05) is 31.7 Å². The monoisotopic (exact) mass is 253 g/mol. The molecular formula is C15H31N3. The van der Waals surface area contributed by atoms with Crippen molar-refractivity contribution in [3.63, 3.8) is 0 Å². The summed E-state index contributed by atoms with van der Waals surface area (Å²) >= 11 is 0. The summed E-state index contributed by atoms with van der Waals surface area (Å²) in [5.41, 5.74) is 0. The van der Waals surface area contributed by atoms with Crippen molar-refractivity contribution in [3.05, 3.63) is 0 Å². The SMILES string of the molecule is CCCN1CCC(N2CCNC(C(C)C)C2)CC1.